The minimum Gasteiger partial charge on any atom is -0.490 e. The lowest BCUT2D eigenvalue weighted by molar-refractivity contribution is 0.102. The molecule has 0 unspecified atom stereocenters. The first kappa shape index (κ1) is 26.5. The SMILES string of the molecule is Cn1cnnc1C[C@]1(c2cccc(NC(=O)c3cc(CNC4(C)CCC4)c4c(n3)C(C)(C)CO4)c2)C[C@H](C#N)C1. The second-order valence-corrected chi connectivity index (χ2v) is 12.9. The second kappa shape index (κ2) is 9.70. The molecular formula is C31H37N7O2. The van der Waals surface area contributed by atoms with Crippen LogP contribution in [0.4, 0.5) is 5.69 Å². The lowest BCUT2D eigenvalue weighted by Gasteiger charge is -2.45. The van der Waals surface area contributed by atoms with E-state index in [1.807, 2.05) is 35.9 Å². The highest BCUT2D eigenvalue weighted by Crippen LogP contribution is 2.50. The van der Waals surface area contributed by atoms with Crippen molar-refractivity contribution < 1.29 is 9.53 Å². The molecule has 2 saturated carbocycles. The second-order valence-electron chi connectivity index (χ2n) is 12.9. The minimum atomic E-state index is -0.269. The Morgan fingerprint density at radius 1 is 1.23 bits per heavy atom. The van der Waals surface area contributed by atoms with Crippen molar-refractivity contribution in [2.24, 2.45) is 13.0 Å². The number of ether oxygens (including phenoxy) is 1. The molecule has 0 bridgehead atoms. The fourth-order valence-corrected chi connectivity index (χ4v) is 6.32. The summed E-state index contributed by atoms with van der Waals surface area (Å²) in [4.78, 5) is 18.4. The quantitative estimate of drug-likeness (QED) is 0.430. The van der Waals surface area contributed by atoms with Gasteiger partial charge in [-0.25, -0.2) is 4.98 Å². The van der Waals surface area contributed by atoms with Gasteiger partial charge in [-0.2, -0.15) is 5.26 Å². The summed E-state index contributed by atoms with van der Waals surface area (Å²) in [6, 6.07) is 12.3. The summed E-state index contributed by atoms with van der Waals surface area (Å²) in [5.74, 6) is 1.46. The standard InChI is InChI=1S/C31H37N7O2/c1-29(2)18-40-26-21(17-33-30(3)9-6-10-30)11-24(36-27(26)29)28(39)35-23-8-5-7-22(12-23)31(13-20(14-31)16-32)15-25-37-34-19-38(25)4/h5,7-8,11-12,19-20,33H,6,9-10,13-15,17-18H2,1-4H3,(H,35,39)/t20-,31-. The summed E-state index contributed by atoms with van der Waals surface area (Å²) in [6.45, 7) is 7.64. The molecule has 2 fully saturated rings. The van der Waals surface area contributed by atoms with Crippen LogP contribution in [0.3, 0.4) is 0 Å². The molecule has 40 heavy (non-hydrogen) atoms. The number of nitrogens with one attached hydrogen (secondary N) is 2. The highest BCUT2D eigenvalue weighted by atomic mass is 16.5. The van der Waals surface area contributed by atoms with Gasteiger partial charge < -0.3 is 19.9 Å². The van der Waals surface area contributed by atoms with Gasteiger partial charge in [0.15, 0.2) is 0 Å². The lowest BCUT2D eigenvalue weighted by atomic mass is 9.57. The van der Waals surface area contributed by atoms with Gasteiger partial charge in [0.2, 0.25) is 0 Å². The fraction of sp³-hybridized carbons (Fsp3) is 0.516. The van der Waals surface area contributed by atoms with E-state index in [2.05, 4.69) is 53.7 Å². The highest BCUT2D eigenvalue weighted by Gasteiger charge is 2.46. The van der Waals surface area contributed by atoms with E-state index >= 15 is 0 Å². The smallest absolute Gasteiger partial charge is 0.274 e. The first-order valence-electron chi connectivity index (χ1n) is 14.2. The molecule has 1 amide bonds. The van der Waals surface area contributed by atoms with Crippen molar-refractivity contribution in [2.75, 3.05) is 11.9 Å². The summed E-state index contributed by atoms with van der Waals surface area (Å²) in [7, 11) is 1.94. The van der Waals surface area contributed by atoms with Crippen molar-refractivity contribution in [2.45, 2.75) is 82.2 Å². The Labute approximate surface area is 235 Å². The zero-order valence-electron chi connectivity index (χ0n) is 23.8. The predicted molar refractivity (Wildman–Crippen MR) is 151 cm³/mol. The molecule has 2 aliphatic carbocycles. The summed E-state index contributed by atoms with van der Waals surface area (Å²) in [5, 5.41) is 24.6. The third-order valence-corrected chi connectivity index (χ3v) is 9.16. The van der Waals surface area contributed by atoms with Gasteiger partial charge in [0.05, 0.1) is 18.4 Å². The number of carbonyl (C=O) groups is 1. The number of rotatable bonds is 8. The minimum absolute atomic E-state index is 0.0156. The Balaban J connectivity index is 1.26. The molecule has 0 saturated heterocycles. The molecule has 3 aliphatic rings. The summed E-state index contributed by atoms with van der Waals surface area (Å²) >= 11 is 0. The first-order valence-corrected chi connectivity index (χ1v) is 14.2. The molecule has 1 aromatic carbocycles. The van der Waals surface area contributed by atoms with Crippen LogP contribution in [0.1, 0.15) is 86.0 Å². The van der Waals surface area contributed by atoms with Gasteiger partial charge in [-0.05, 0) is 62.8 Å². The van der Waals surface area contributed by atoms with E-state index in [1.54, 1.807) is 6.33 Å². The number of benzene rings is 1. The number of hydrogen-bond donors (Lipinski definition) is 2. The van der Waals surface area contributed by atoms with Crippen molar-refractivity contribution >= 4 is 11.6 Å². The van der Waals surface area contributed by atoms with E-state index in [-0.39, 0.29) is 28.2 Å². The third-order valence-electron chi connectivity index (χ3n) is 9.16. The average Bonchev–Trinajstić information content (AvgIpc) is 3.44. The van der Waals surface area contributed by atoms with Gasteiger partial charge in [0, 0.05) is 53.6 Å². The van der Waals surface area contributed by atoms with Gasteiger partial charge in [-0.3, -0.25) is 4.79 Å². The Morgan fingerprint density at radius 2 is 2.02 bits per heavy atom. The normalized spacial score (nSPS) is 23.7. The molecular weight excluding hydrogens is 502 g/mol. The molecule has 0 spiro atoms. The maximum absolute atomic E-state index is 13.6. The number of amides is 1. The average molecular weight is 540 g/mol. The van der Waals surface area contributed by atoms with Crippen LogP contribution in [-0.4, -0.2) is 37.8 Å². The first-order chi connectivity index (χ1) is 19.1. The van der Waals surface area contributed by atoms with E-state index in [1.165, 1.54) is 6.42 Å². The molecule has 9 nitrogen and oxygen atoms in total. The number of nitrogens with zero attached hydrogens (tertiary/aromatic N) is 5. The number of nitriles is 1. The van der Waals surface area contributed by atoms with Crippen LogP contribution in [0.15, 0.2) is 36.7 Å². The molecule has 0 radical (unpaired) electrons. The van der Waals surface area contributed by atoms with E-state index in [4.69, 9.17) is 9.72 Å². The van der Waals surface area contributed by atoms with Crippen LogP contribution in [0, 0.1) is 17.2 Å². The van der Waals surface area contributed by atoms with E-state index in [9.17, 15) is 10.1 Å². The summed E-state index contributed by atoms with van der Waals surface area (Å²) in [6.07, 6.45) is 7.45. The number of aryl methyl sites for hydroxylation is 1. The third kappa shape index (κ3) is 4.75. The van der Waals surface area contributed by atoms with Crippen molar-refractivity contribution in [3.63, 3.8) is 0 Å². The Bertz CT molecular complexity index is 1490. The molecule has 0 atom stereocenters. The highest BCUT2D eigenvalue weighted by molar-refractivity contribution is 6.03. The molecule has 9 heteroatoms. The molecule has 1 aliphatic heterocycles. The van der Waals surface area contributed by atoms with Crippen LogP contribution in [0.2, 0.25) is 0 Å². The van der Waals surface area contributed by atoms with E-state index in [0.717, 1.165) is 54.1 Å². The van der Waals surface area contributed by atoms with Gasteiger partial charge in [0.25, 0.3) is 5.91 Å². The van der Waals surface area contributed by atoms with Crippen molar-refractivity contribution in [3.05, 3.63) is 65.0 Å². The van der Waals surface area contributed by atoms with Crippen LogP contribution in [-0.2, 0) is 30.8 Å². The number of pyridine rings is 1. The molecule has 208 valence electrons. The van der Waals surface area contributed by atoms with E-state index < -0.39 is 0 Å². The van der Waals surface area contributed by atoms with Crippen LogP contribution in [0.5, 0.6) is 5.75 Å². The number of hydrogen-bond acceptors (Lipinski definition) is 7. The lowest BCUT2D eigenvalue weighted by Crippen LogP contribution is -2.47. The zero-order chi connectivity index (χ0) is 28.1. The number of carbonyl (C=O) groups excluding carboxylic acids is 1. The maximum Gasteiger partial charge on any atom is 0.274 e. The van der Waals surface area contributed by atoms with Crippen molar-refractivity contribution in [1.82, 2.24) is 25.1 Å². The largest absolute Gasteiger partial charge is 0.490 e. The van der Waals surface area contributed by atoms with Gasteiger partial charge in [-0.1, -0.05) is 26.0 Å². The zero-order valence-corrected chi connectivity index (χ0v) is 23.8. The number of fused-ring (bicyclic) bond motifs is 1. The Hall–Kier alpha value is -3.77. The summed E-state index contributed by atoms with van der Waals surface area (Å²) in [5.41, 5.74) is 3.65. The fourth-order valence-electron chi connectivity index (χ4n) is 6.32. The van der Waals surface area contributed by atoms with Crippen LogP contribution in [0.25, 0.3) is 0 Å². The van der Waals surface area contributed by atoms with Crippen molar-refractivity contribution in [1.29, 1.82) is 5.26 Å². The van der Waals surface area contributed by atoms with Crippen LogP contribution < -0.4 is 15.4 Å². The van der Waals surface area contributed by atoms with Crippen molar-refractivity contribution in [3.8, 4) is 11.8 Å². The Kier molecular flexibility index (Phi) is 6.42. The maximum atomic E-state index is 13.6. The Morgan fingerprint density at radius 3 is 2.70 bits per heavy atom. The predicted octanol–water partition coefficient (Wildman–Crippen LogP) is 4.58. The number of aromatic nitrogens is 4. The molecule has 6 rings (SSSR count). The van der Waals surface area contributed by atoms with Gasteiger partial charge >= 0.3 is 0 Å². The molecule has 3 aromatic rings. The van der Waals surface area contributed by atoms with Crippen LogP contribution >= 0.6 is 0 Å². The number of anilines is 1. The molecule has 2 N–H and O–H groups in total. The molecule has 3 heterocycles. The topological polar surface area (TPSA) is 118 Å². The van der Waals surface area contributed by atoms with E-state index in [0.29, 0.717) is 31.0 Å². The summed E-state index contributed by atoms with van der Waals surface area (Å²) < 4.78 is 8.01. The van der Waals surface area contributed by atoms with Gasteiger partial charge in [-0.15, -0.1) is 10.2 Å². The molecule has 2 aromatic heterocycles. The van der Waals surface area contributed by atoms with Gasteiger partial charge in [0.1, 0.15) is 23.6 Å². The monoisotopic (exact) mass is 539 g/mol.